The van der Waals surface area contributed by atoms with Crippen LogP contribution in [-0.4, -0.2) is 28.0 Å². The van der Waals surface area contributed by atoms with E-state index in [9.17, 15) is 10.1 Å². The van der Waals surface area contributed by atoms with Gasteiger partial charge in [-0.25, -0.2) is 4.98 Å². The molecule has 0 amide bonds. The minimum absolute atomic E-state index is 0.0742. The molecular weight excluding hydrogens is 344 g/mol. The predicted molar refractivity (Wildman–Crippen MR) is 103 cm³/mol. The van der Waals surface area contributed by atoms with E-state index >= 15 is 0 Å². The van der Waals surface area contributed by atoms with Gasteiger partial charge in [0.25, 0.3) is 0 Å². The van der Waals surface area contributed by atoms with Crippen LogP contribution in [0.25, 0.3) is 0 Å². The summed E-state index contributed by atoms with van der Waals surface area (Å²) in [6.45, 7) is 3.88. The molecule has 0 aliphatic carbocycles. The van der Waals surface area contributed by atoms with Crippen molar-refractivity contribution in [1.82, 2.24) is 9.97 Å². The maximum absolute atomic E-state index is 11.3. The topological polar surface area (TPSA) is 81.4 Å². The van der Waals surface area contributed by atoms with E-state index in [-0.39, 0.29) is 11.6 Å². The molecule has 0 saturated carbocycles. The van der Waals surface area contributed by atoms with Crippen LogP contribution in [-0.2, 0) is 0 Å². The Labute approximate surface area is 158 Å². The zero-order valence-corrected chi connectivity index (χ0v) is 15.3. The molecule has 27 heavy (non-hydrogen) atoms. The molecule has 7 heteroatoms. The van der Waals surface area contributed by atoms with E-state index in [1.54, 1.807) is 24.3 Å². The number of terminal acetylenes is 1. The van der Waals surface area contributed by atoms with Crippen LogP contribution in [0.2, 0.25) is 0 Å². The van der Waals surface area contributed by atoms with Crippen LogP contribution in [0.3, 0.4) is 0 Å². The zero-order valence-electron chi connectivity index (χ0n) is 15.3. The lowest BCUT2D eigenvalue weighted by molar-refractivity contribution is -0.386. The van der Waals surface area contributed by atoms with Crippen LogP contribution in [0.1, 0.15) is 38.2 Å². The van der Waals surface area contributed by atoms with Crippen LogP contribution < -0.4 is 9.64 Å². The average molecular weight is 366 g/mol. The second kappa shape index (κ2) is 8.49. The van der Waals surface area contributed by atoms with Gasteiger partial charge in [-0.05, 0) is 37.0 Å². The van der Waals surface area contributed by atoms with E-state index in [1.165, 1.54) is 19.0 Å². The largest absolute Gasteiger partial charge is 0.434 e. The van der Waals surface area contributed by atoms with Crippen molar-refractivity contribution in [1.29, 1.82) is 0 Å². The SMILES string of the molecule is C#Cc1cccc(Oc2nc(N3CCC(CCC)CC3)ncc2[N+](=O)[O-])c1. The number of rotatable bonds is 6. The average Bonchev–Trinajstić information content (AvgIpc) is 2.69. The maximum Gasteiger partial charge on any atom is 0.349 e. The fourth-order valence-corrected chi connectivity index (χ4v) is 3.29. The predicted octanol–water partition coefficient (Wildman–Crippen LogP) is 4.17. The third kappa shape index (κ3) is 4.53. The molecule has 0 bridgehead atoms. The quantitative estimate of drug-likeness (QED) is 0.433. The van der Waals surface area contributed by atoms with Crippen molar-refractivity contribution in [3.8, 4) is 24.0 Å². The van der Waals surface area contributed by atoms with Crippen LogP contribution in [0.15, 0.2) is 30.5 Å². The normalized spacial score (nSPS) is 14.6. The van der Waals surface area contributed by atoms with Gasteiger partial charge in [-0.1, -0.05) is 31.8 Å². The number of hydrogen-bond donors (Lipinski definition) is 0. The molecule has 1 aliphatic rings. The number of anilines is 1. The van der Waals surface area contributed by atoms with Crippen molar-refractivity contribution < 1.29 is 9.66 Å². The van der Waals surface area contributed by atoms with Gasteiger partial charge in [0.05, 0.1) is 4.92 Å². The van der Waals surface area contributed by atoms with E-state index in [4.69, 9.17) is 11.2 Å². The number of nitrogens with zero attached hydrogens (tertiary/aromatic N) is 4. The summed E-state index contributed by atoms with van der Waals surface area (Å²) in [5, 5.41) is 11.3. The van der Waals surface area contributed by atoms with Crippen molar-refractivity contribution in [2.45, 2.75) is 32.6 Å². The standard InChI is InChI=1S/C20H22N4O3/c1-3-6-16-9-11-23(12-10-16)20-21-14-18(24(25)26)19(22-20)27-17-8-5-7-15(4-2)13-17/h2,5,7-8,13-14,16H,3,6,9-12H2,1H3. The molecule has 1 aromatic heterocycles. The Balaban J connectivity index is 1.83. The van der Waals surface area contributed by atoms with Gasteiger partial charge in [0, 0.05) is 18.7 Å². The molecule has 1 aliphatic heterocycles. The second-order valence-corrected chi connectivity index (χ2v) is 6.61. The number of aromatic nitrogens is 2. The molecule has 7 nitrogen and oxygen atoms in total. The van der Waals surface area contributed by atoms with Crippen molar-refractivity contribution >= 4 is 11.6 Å². The Bertz CT molecular complexity index is 855. The van der Waals surface area contributed by atoms with Crippen LogP contribution in [0.5, 0.6) is 11.6 Å². The molecule has 0 spiro atoms. The number of nitro groups is 1. The van der Waals surface area contributed by atoms with Gasteiger partial charge in [-0.2, -0.15) is 4.98 Å². The van der Waals surface area contributed by atoms with E-state index in [0.717, 1.165) is 31.8 Å². The Morgan fingerprint density at radius 1 is 1.41 bits per heavy atom. The van der Waals surface area contributed by atoms with Crippen molar-refractivity contribution in [3.05, 3.63) is 46.1 Å². The minimum atomic E-state index is -0.544. The summed E-state index contributed by atoms with van der Waals surface area (Å²) in [5.74, 6) is 4.03. The summed E-state index contributed by atoms with van der Waals surface area (Å²) in [5.41, 5.74) is 0.355. The Kier molecular flexibility index (Phi) is 5.87. The number of benzene rings is 1. The van der Waals surface area contributed by atoms with Gasteiger partial charge in [0.1, 0.15) is 11.9 Å². The molecule has 2 heterocycles. The molecule has 140 valence electrons. The molecule has 2 aromatic rings. The van der Waals surface area contributed by atoms with Gasteiger partial charge < -0.3 is 9.64 Å². The van der Waals surface area contributed by atoms with Gasteiger partial charge >= 0.3 is 11.6 Å². The monoisotopic (exact) mass is 366 g/mol. The lowest BCUT2D eigenvalue weighted by Crippen LogP contribution is -2.34. The first-order valence-electron chi connectivity index (χ1n) is 9.11. The molecule has 0 radical (unpaired) electrons. The summed E-state index contributed by atoms with van der Waals surface area (Å²) >= 11 is 0. The smallest absolute Gasteiger partial charge is 0.349 e. The lowest BCUT2D eigenvalue weighted by Gasteiger charge is -2.31. The molecule has 3 rings (SSSR count). The highest BCUT2D eigenvalue weighted by Gasteiger charge is 2.25. The highest BCUT2D eigenvalue weighted by atomic mass is 16.6. The first-order valence-corrected chi connectivity index (χ1v) is 9.11. The molecule has 0 atom stereocenters. The molecule has 0 unspecified atom stereocenters. The lowest BCUT2D eigenvalue weighted by atomic mass is 9.93. The third-order valence-corrected chi connectivity index (χ3v) is 4.73. The van der Waals surface area contributed by atoms with Crippen molar-refractivity contribution in [2.75, 3.05) is 18.0 Å². The fourth-order valence-electron chi connectivity index (χ4n) is 3.29. The Morgan fingerprint density at radius 2 is 2.19 bits per heavy atom. The van der Waals surface area contributed by atoms with Gasteiger partial charge in [-0.3, -0.25) is 10.1 Å². The summed E-state index contributed by atoms with van der Waals surface area (Å²) in [6.07, 6.45) is 11.2. The highest BCUT2D eigenvalue weighted by molar-refractivity contribution is 5.47. The van der Waals surface area contributed by atoms with E-state index in [2.05, 4.69) is 27.7 Å². The van der Waals surface area contributed by atoms with E-state index < -0.39 is 4.92 Å². The van der Waals surface area contributed by atoms with Crippen molar-refractivity contribution in [3.63, 3.8) is 0 Å². The molecule has 0 N–H and O–H groups in total. The number of ether oxygens (including phenoxy) is 1. The molecule has 1 fully saturated rings. The number of hydrogen-bond acceptors (Lipinski definition) is 6. The number of piperidine rings is 1. The highest BCUT2D eigenvalue weighted by Crippen LogP contribution is 2.32. The van der Waals surface area contributed by atoms with Gasteiger partial charge in [-0.15, -0.1) is 6.42 Å². The first kappa shape index (κ1) is 18.6. The van der Waals surface area contributed by atoms with Gasteiger partial charge in [0.15, 0.2) is 0 Å². The Morgan fingerprint density at radius 3 is 2.85 bits per heavy atom. The minimum Gasteiger partial charge on any atom is -0.434 e. The third-order valence-electron chi connectivity index (χ3n) is 4.73. The second-order valence-electron chi connectivity index (χ2n) is 6.61. The summed E-state index contributed by atoms with van der Waals surface area (Å²) in [6, 6.07) is 6.81. The summed E-state index contributed by atoms with van der Waals surface area (Å²) < 4.78 is 5.69. The van der Waals surface area contributed by atoms with E-state index in [0.29, 0.717) is 17.3 Å². The van der Waals surface area contributed by atoms with Crippen LogP contribution in [0, 0.1) is 28.4 Å². The first-order chi connectivity index (χ1) is 13.1. The maximum atomic E-state index is 11.3. The zero-order chi connectivity index (χ0) is 19.2. The van der Waals surface area contributed by atoms with Crippen molar-refractivity contribution in [2.24, 2.45) is 5.92 Å². The van der Waals surface area contributed by atoms with Gasteiger partial charge in [0.2, 0.25) is 5.95 Å². The van der Waals surface area contributed by atoms with Crippen LogP contribution in [0.4, 0.5) is 11.6 Å². The molecule has 1 saturated heterocycles. The summed E-state index contributed by atoms with van der Waals surface area (Å²) in [7, 11) is 0. The fraction of sp³-hybridized carbons (Fsp3) is 0.400. The summed E-state index contributed by atoms with van der Waals surface area (Å²) in [4.78, 5) is 21.4. The molecule has 1 aromatic carbocycles. The Hall–Kier alpha value is -3.14. The molecular formula is C20H22N4O3. The van der Waals surface area contributed by atoms with E-state index in [1.807, 2.05) is 0 Å². The van der Waals surface area contributed by atoms with Crippen LogP contribution >= 0.6 is 0 Å².